The van der Waals surface area contributed by atoms with Gasteiger partial charge in [-0.05, 0) is 97.6 Å². The lowest BCUT2D eigenvalue weighted by Crippen LogP contribution is -1.88. The number of rotatable bonds is 6. The summed E-state index contributed by atoms with van der Waals surface area (Å²) in [4.78, 5) is 0. The standard InChI is InChI=1S/C44H28N2/c45-29-31-24-42(33-10-5-2-6-11-33)27-43(25-31)36-16-14-35(15-17-36)38-12-7-13-39(26-38)40-22-23-41(30-46)44(28-40)37-20-18-34(19-21-37)32-8-3-1-4-9-32/h1-28H. The van der Waals surface area contributed by atoms with Gasteiger partial charge in [-0.15, -0.1) is 0 Å². The maximum absolute atomic E-state index is 9.91. The molecule has 0 unspecified atom stereocenters. The van der Waals surface area contributed by atoms with Crippen LogP contribution in [0.4, 0.5) is 0 Å². The van der Waals surface area contributed by atoms with Gasteiger partial charge in [0, 0.05) is 5.56 Å². The molecule has 0 aromatic heterocycles. The van der Waals surface area contributed by atoms with E-state index in [0.29, 0.717) is 11.1 Å². The normalized spacial score (nSPS) is 10.6. The lowest BCUT2D eigenvalue weighted by atomic mass is 9.92. The van der Waals surface area contributed by atoms with E-state index in [1.165, 1.54) is 5.56 Å². The Morgan fingerprint density at radius 1 is 0.283 bits per heavy atom. The number of nitriles is 2. The molecular weight excluding hydrogens is 556 g/mol. The summed E-state index contributed by atoms with van der Waals surface area (Å²) in [7, 11) is 0. The number of hydrogen-bond donors (Lipinski definition) is 0. The molecule has 0 fully saturated rings. The van der Waals surface area contributed by atoms with Gasteiger partial charge in [0.25, 0.3) is 0 Å². The van der Waals surface area contributed by atoms with Gasteiger partial charge in [0.05, 0.1) is 23.3 Å². The maximum Gasteiger partial charge on any atom is 0.0998 e. The van der Waals surface area contributed by atoms with Crippen LogP contribution in [0.15, 0.2) is 170 Å². The average Bonchev–Trinajstić information content (AvgIpc) is 3.15. The van der Waals surface area contributed by atoms with Gasteiger partial charge >= 0.3 is 0 Å². The monoisotopic (exact) mass is 584 g/mol. The van der Waals surface area contributed by atoms with Crippen LogP contribution in [0.3, 0.4) is 0 Å². The van der Waals surface area contributed by atoms with Crippen LogP contribution in [0.1, 0.15) is 11.1 Å². The Morgan fingerprint density at radius 3 is 1.24 bits per heavy atom. The summed E-state index contributed by atoms with van der Waals surface area (Å²) < 4.78 is 0. The summed E-state index contributed by atoms with van der Waals surface area (Å²) in [5.74, 6) is 0. The second-order valence-electron chi connectivity index (χ2n) is 11.3. The topological polar surface area (TPSA) is 47.6 Å². The van der Waals surface area contributed by atoms with Crippen LogP contribution in [0.2, 0.25) is 0 Å². The van der Waals surface area contributed by atoms with Gasteiger partial charge in [0.2, 0.25) is 0 Å². The first-order chi connectivity index (χ1) is 22.7. The summed E-state index contributed by atoms with van der Waals surface area (Å²) in [6.07, 6.45) is 0. The van der Waals surface area contributed by atoms with Crippen LogP contribution >= 0.6 is 0 Å². The molecule has 0 spiro atoms. The Hall–Kier alpha value is -6.48. The van der Waals surface area contributed by atoms with Crippen molar-refractivity contribution in [1.82, 2.24) is 0 Å². The maximum atomic E-state index is 9.91. The molecule has 0 amide bonds. The van der Waals surface area contributed by atoms with E-state index in [1.54, 1.807) is 0 Å². The number of benzene rings is 7. The lowest BCUT2D eigenvalue weighted by molar-refractivity contribution is 1.47. The zero-order chi connectivity index (χ0) is 31.3. The predicted octanol–water partition coefficient (Wildman–Crippen LogP) is 11.4. The molecule has 0 atom stereocenters. The van der Waals surface area contributed by atoms with Crippen molar-refractivity contribution in [3.63, 3.8) is 0 Å². The summed E-state index contributed by atoms with van der Waals surface area (Å²) in [6.45, 7) is 0. The number of hydrogen-bond acceptors (Lipinski definition) is 2. The van der Waals surface area contributed by atoms with E-state index in [-0.39, 0.29) is 0 Å². The molecule has 0 saturated heterocycles. The van der Waals surface area contributed by atoms with Crippen molar-refractivity contribution in [2.24, 2.45) is 0 Å². The highest BCUT2D eigenvalue weighted by atomic mass is 14.3. The van der Waals surface area contributed by atoms with Gasteiger partial charge in [0.1, 0.15) is 0 Å². The summed E-state index contributed by atoms with van der Waals surface area (Å²) >= 11 is 0. The zero-order valence-corrected chi connectivity index (χ0v) is 25.1. The molecule has 214 valence electrons. The van der Waals surface area contributed by atoms with Gasteiger partial charge < -0.3 is 0 Å². The fourth-order valence-corrected chi connectivity index (χ4v) is 5.92. The molecular formula is C44H28N2. The highest BCUT2D eigenvalue weighted by Gasteiger charge is 2.11. The average molecular weight is 585 g/mol. The van der Waals surface area contributed by atoms with Crippen molar-refractivity contribution in [2.75, 3.05) is 0 Å². The van der Waals surface area contributed by atoms with Crippen LogP contribution < -0.4 is 0 Å². The van der Waals surface area contributed by atoms with Gasteiger partial charge in [-0.25, -0.2) is 0 Å². The molecule has 2 nitrogen and oxygen atoms in total. The molecule has 0 radical (unpaired) electrons. The van der Waals surface area contributed by atoms with Crippen molar-refractivity contribution < 1.29 is 0 Å². The Kier molecular flexibility index (Phi) is 7.77. The Labute approximate surface area is 269 Å². The van der Waals surface area contributed by atoms with Crippen LogP contribution in [-0.4, -0.2) is 0 Å². The number of nitrogens with zero attached hydrogens (tertiary/aromatic N) is 2. The second-order valence-corrected chi connectivity index (χ2v) is 11.3. The third kappa shape index (κ3) is 5.85. The van der Waals surface area contributed by atoms with E-state index in [1.807, 2.05) is 60.7 Å². The predicted molar refractivity (Wildman–Crippen MR) is 188 cm³/mol. The molecule has 7 rings (SSSR count). The Bertz CT molecular complexity index is 2230. The molecule has 2 heteroatoms. The third-order valence-corrected chi connectivity index (χ3v) is 8.36. The van der Waals surface area contributed by atoms with Gasteiger partial charge in [-0.1, -0.05) is 133 Å². The molecule has 0 aliphatic carbocycles. The first kappa shape index (κ1) is 28.3. The molecule has 0 aliphatic rings. The molecule has 0 bridgehead atoms. The van der Waals surface area contributed by atoms with Crippen LogP contribution in [-0.2, 0) is 0 Å². The van der Waals surface area contributed by atoms with E-state index in [4.69, 9.17) is 0 Å². The summed E-state index contributed by atoms with van der Waals surface area (Å²) in [6, 6.07) is 62.6. The van der Waals surface area contributed by atoms with Crippen molar-refractivity contribution in [1.29, 1.82) is 10.5 Å². The highest BCUT2D eigenvalue weighted by molar-refractivity contribution is 5.82. The smallest absolute Gasteiger partial charge is 0.0998 e. The lowest BCUT2D eigenvalue weighted by Gasteiger charge is -2.11. The molecule has 0 N–H and O–H groups in total. The van der Waals surface area contributed by atoms with Gasteiger partial charge in [0.15, 0.2) is 0 Å². The molecule has 46 heavy (non-hydrogen) atoms. The molecule has 7 aromatic rings. The minimum atomic E-state index is 0.641. The minimum Gasteiger partial charge on any atom is -0.192 e. The first-order valence-corrected chi connectivity index (χ1v) is 15.2. The van der Waals surface area contributed by atoms with E-state index in [2.05, 4.69) is 121 Å². The van der Waals surface area contributed by atoms with E-state index >= 15 is 0 Å². The molecule has 0 saturated carbocycles. The fourth-order valence-electron chi connectivity index (χ4n) is 5.92. The van der Waals surface area contributed by atoms with Crippen molar-refractivity contribution in [3.05, 3.63) is 181 Å². The third-order valence-electron chi connectivity index (χ3n) is 8.36. The minimum absolute atomic E-state index is 0.641. The Balaban J connectivity index is 1.18. The van der Waals surface area contributed by atoms with Gasteiger partial charge in [-0.3, -0.25) is 0 Å². The SMILES string of the molecule is N#Cc1cc(-c2ccccc2)cc(-c2ccc(-c3cccc(-c4ccc(C#N)c(-c5ccc(-c6ccccc6)cc5)c4)c3)cc2)c1. The van der Waals surface area contributed by atoms with E-state index in [0.717, 1.165) is 61.2 Å². The zero-order valence-electron chi connectivity index (χ0n) is 25.1. The molecule has 0 heterocycles. The first-order valence-electron chi connectivity index (χ1n) is 15.2. The van der Waals surface area contributed by atoms with E-state index in [9.17, 15) is 10.5 Å². The van der Waals surface area contributed by atoms with Crippen LogP contribution in [0.25, 0.3) is 66.8 Å². The van der Waals surface area contributed by atoms with E-state index < -0.39 is 0 Å². The largest absolute Gasteiger partial charge is 0.192 e. The summed E-state index contributed by atoms with van der Waals surface area (Å²) in [5, 5.41) is 19.6. The van der Waals surface area contributed by atoms with Crippen molar-refractivity contribution >= 4 is 0 Å². The van der Waals surface area contributed by atoms with Crippen molar-refractivity contribution in [3.8, 4) is 78.9 Å². The highest BCUT2D eigenvalue weighted by Crippen LogP contribution is 2.34. The Morgan fingerprint density at radius 2 is 0.674 bits per heavy atom. The molecule has 7 aromatic carbocycles. The molecule has 0 aliphatic heterocycles. The van der Waals surface area contributed by atoms with Gasteiger partial charge in [-0.2, -0.15) is 10.5 Å². The fraction of sp³-hybridized carbons (Fsp3) is 0. The van der Waals surface area contributed by atoms with Crippen LogP contribution in [0, 0.1) is 22.7 Å². The van der Waals surface area contributed by atoms with Crippen molar-refractivity contribution in [2.45, 2.75) is 0 Å². The second kappa shape index (κ2) is 12.6. The quantitative estimate of drug-likeness (QED) is 0.195. The summed E-state index contributed by atoms with van der Waals surface area (Å²) in [5.41, 5.74) is 14.1. The van der Waals surface area contributed by atoms with Crippen LogP contribution in [0.5, 0.6) is 0 Å².